The Labute approximate surface area is 162 Å². The van der Waals surface area contributed by atoms with Gasteiger partial charge in [-0.3, -0.25) is 4.79 Å². The summed E-state index contributed by atoms with van der Waals surface area (Å²) >= 11 is 5.87. The molecule has 28 heavy (non-hydrogen) atoms. The molecule has 0 bridgehead atoms. The van der Waals surface area contributed by atoms with Crippen LogP contribution in [0.2, 0.25) is 5.02 Å². The Morgan fingerprint density at radius 3 is 2.64 bits per heavy atom. The standard InChI is InChI=1S/C19H13ClF3NO4/c20-13-9-11(21)5-7-15(13)26-10-12-6-8-17(27-12)18(25)24-14-3-1-2-4-16(14)28-19(22)23/h1-9,19H,10H2,(H,24,25). The number of benzene rings is 2. The molecule has 0 unspecified atom stereocenters. The lowest BCUT2D eigenvalue weighted by atomic mass is 10.3. The highest BCUT2D eigenvalue weighted by atomic mass is 35.5. The summed E-state index contributed by atoms with van der Waals surface area (Å²) in [4.78, 5) is 12.3. The fourth-order valence-electron chi connectivity index (χ4n) is 2.27. The minimum absolute atomic E-state index is 0.0519. The van der Waals surface area contributed by atoms with Crippen molar-refractivity contribution in [3.63, 3.8) is 0 Å². The van der Waals surface area contributed by atoms with Crippen LogP contribution in [0.15, 0.2) is 59.0 Å². The van der Waals surface area contributed by atoms with Crippen LogP contribution >= 0.6 is 11.6 Å². The third kappa shape index (κ3) is 4.98. The number of nitrogens with one attached hydrogen (secondary N) is 1. The first-order valence-electron chi connectivity index (χ1n) is 7.94. The quantitative estimate of drug-likeness (QED) is 0.557. The average Bonchev–Trinajstić information content (AvgIpc) is 3.11. The van der Waals surface area contributed by atoms with Crippen molar-refractivity contribution in [3.05, 3.63) is 77.0 Å². The Balaban J connectivity index is 1.64. The van der Waals surface area contributed by atoms with Crippen LogP contribution in [0.25, 0.3) is 0 Å². The lowest BCUT2D eigenvalue weighted by molar-refractivity contribution is -0.0493. The van der Waals surface area contributed by atoms with Gasteiger partial charge in [-0.2, -0.15) is 8.78 Å². The summed E-state index contributed by atoms with van der Waals surface area (Å²) in [6.07, 6.45) is 0. The molecular formula is C19H13ClF3NO4. The Bertz CT molecular complexity index is 977. The first-order chi connectivity index (χ1) is 13.4. The van der Waals surface area contributed by atoms with E-state index in [0.29, 0.717) is 5.76 Å². The number of ether oxygens (including phenoxy) is 2. The minimum atomic E-state index is -3.02. The van der Waals surface area contributed by atoms with E-state index < -0.39 is 18.3 Å². The van der Waals surface area contributed by atoms with E-state index in [2.05, 4.69) is 10.1 Å². The van der Waals surface area contributed by atoms with Crippen molar-refractivity contribution >= 4 is 23.2 Å². The number of alkyl halides is 2. The molecule has 0 aliphatic rings. The number of halogens is 4. The molecule has 3 rings (SSSR count). The van der Waals surface area contributed by atoms with Gasteiger partial charge >= 0.3 is 6.61 Å². The number of amides is 1. The number of furan rings is 1. The number of carbonyl (C=O) groups is 1. The number of anilines is 1. The van der Waals surface area contributed by atoms with Crippen molar-refractivity contribution in [1.29, 1.82) is 0 Å². The SMILES string of the molecule is O=C(Nc1ccccc1OC(F)F)c1ccc(COc2ccc(F)cc2Cl)o1. The van der Waals surface area contributed by atoms with Crippen LogP contribution in [0.5, 0.6) is 11.5 Å². The Hall–Kier alpha value is -3.13. The number of hydrogen-bond donors (Lipinski definition) is 1. The zero-order chi connectivity index (χ0) is 20.1. The largest absolute Gasteiger partial charge is 0.484 e. The van der Waals surface area contributed by atoms with Crippen LogP contribution in [-0.2, 0) is 6.61 Å². The van der Waals surface area contributed by atoms with Gasteiger partial charge in [0, 0.05) is 0 Å². The summed E-state index contributed by atoms with van der Waals surface area (Å²) < 4.78 is 53.1. The van der Waals surface area contributed by atoms with Crippen LogP contribution in [0.1, 0.15) is 16.3 Å². The molecule has 0 atom stereocenters. The van der Waals surface area contributed by atoms with Crippen LogP contribution in [0, 0.1) is 5.82 Å². The van der Waals surface area contributed by atoms with Gasteiger partial charge in [0.1, 0.15) is 29.7 Å². The predicted molar refractivity (Wildman–Crippen MR) is 95.5 cm³/mol. The molecular weight excluding hydrogens is 399 g/mol. The number of carbonyl (C=O) groups excluding carboxylic acids is 1. The summed E-state index contributed by atoms with van der Waals surface area (Å²) in [5, 5.41) is 2.54. The fraction of sp³-hybridized carbons (Fsp3) is 0.105. The first-order valence-corrected chi connectivity index (χ1v) is 8.32. The molecule has 0 saturated heterocycles. The molecule has 9 heteroatoms. The Morgan fingerprint density at radius 1 is 1.11 bits per heavy atom. The summed E-state index contributed by atoms with van der Waals surface area (Å²) in [6, 6.07) is 12.4. The van der Waals surface area contributed by atoms with Gasteiger partial charge in [-0.05, 0) is 42.5 Å². The van der Waals surface area contributed by atoms with Crippen molar-refractivity contribution in [2.24, 2.45) is 0 Å². The fourth-order valence-corrected chi connectivity index (χ4v) is 2.49. The summed E-state index contributed by atoms with van der Waals surface area (Å²) in [5.74, 6) is -0.824. The van der Waals surface area contributed by atoms with E-state index in [0.717, 1.165) is 6.07 Å². The molecule has 0 spiro atoms. The van der Waals surface area contributed by atoms with Gasteiger partial charge in [0.2, 0.25) is 0 Å². The molecule has 0 aliphatic heterocycles. The molecule has 1 N–H and O–H groups in total. The zero-order valence-electron chi connectivity index (χ0n) is 14.1. The van der Waals surface area contributed by atoms with E-state index >= 15 is 0 Å². The highest BCUT2D eigenvalue weighted by molar-refractivity contribution is 6.32. The Morgan fingerprint density at radius 2 is 1.89 bits per heavy atom. The Kier molecular flexibility index (Phi) is 6.10. The third-order valence-electron chi connectivity index (χ3n) is 3.50. The molecule has 0 aliphatic carbocycles. The maximum Gasteiger partial charge on any atom is 0.387 e. The first kappa shape index (κ1) is 19.6. The van der Waals surface area contributed by atoms with Crippen molar-refractivity contribution < 1.29 is 31.9 Å². The van der Waals surface area contributed by atoms with E-state index in [9.17, 15) is 18.0 Å². The zero-order valence-corrected chi connectivity index (χ0v) is 14.9. The lowest BCUT2D eigenvalue weighted by Gasteiger charge is -2.10. The lowest BCUT2D eigenvalue weighted by Crippen LogP contribution is -2.13. The maximum atomic E-state index is 13.0. The predicted octanol–water partition coefficient (Wildman–Crippen LogP) is 5.50. The van der Waals surface area contributed by atoms with Gasteiger partial charge in [-0.15, -0.1) is 0 Å². The van der Waals surface area contributed by atoms with Crippen LogP contribution in [0.3, 0.4) is 0 Å². The van der Waals surface area contributed by atoms with E-state index in [1.165, 1.54) is 42.5 Å². The summed E-state index contributed by atoms with van der Waals surface area (Å²) in [6.45, 7) is -3.08. The molecule has 2 aromatic carbocycles. The third-order valence-corrected chi connectivity index (χ3v) is 3.80. The van der Waals surface area contributed by atoms with Gasteiger partial charge < -0.3 is 19.2 Å². The minimum Gasteiger partial charge on any atom is -0.484 e. The van der Waals surface area contributed by atoms with Crippen LogP contribution in [-0.4, -0.2) is 12.5 Å². The number of hydrogen-bond acceptors (Lipinski definition) is 4. The molecule has 1 heterocycles. The molecule has 0 radical (unpaired) electrons. The van der Waals surface area contributed by atoms with Crippen molar-refractivity contribution in [2.45, 2.75) is 13.2 Å². The smallest absolute Gasteiger partial charge is 0.387 e. The second kappa shape index (κ2) is 8.71. The summed E-state index contributed by atoms with van der Waals surface area (Å²) in [5.41, 5.74) is 0.0695. The molecule has 0 fully saturated rings. The van der Waals surface area contributed by atoms with Gasteiger partial charge in [0.25, 0.3) is 5.91 Å². The van der Waals surface area contributed by atoms with Gasteiger partial charge in [-0.1, -0.05) is 23.7 Å². The van der Waals surface area contributed by atoms with Gasteiger partial charge in [0.15, 0.2) is 5.76 Å². The average molecular weight is 412 g/mol. The number of rotatable bonds is 7. The van der Waals surface area contributed by atoms with E-state index in [1.54, 1.807) is 6.07 Å². The molecule has 3 aromatic rings. The van der Waals surface area contributed by atoms with E-state index in [-0.39, 0.29) is 34.6 Å². The highest BCUT2D eigenvalue weighted by Gasteiger charge is 2.16. The molecule has 146 valence electrons. The van der Waals surface area contributed by atoms with Crippen molar-refractivity contribution in [3.8, 4) is 11.5 Å². The van der Waals surface area contributed by atoms with Crippen LogP contribution in [0.4, 0.5) is 18.9 Å². The highest BCUT2D eigenvalue weighted by Crippen LogP contribution is 2.27. The van der Waals surface area contributed by atoms with Crippen molar-refractivity contribution in [1.82, 2.24) is 0 Å². The maximum absolute atomic E-state index is 13.0. The van der Waals surface area contributed by atoms with Crippen LogP contribution < -0.4 is 14.8 Å². The molecule has 5 nitrogen and oxygen atoms in total. The summed E-state index contributed by atoms with van der Waals surface area (Å²) in [7, 11) is 0. The normalized spacial score (nSPS) is 10.8. The van der Waals surface area contributed by atoms with E-state index in [1.807, 2.05) is 0 Å². The second-order valence-corrected chi connectivity index (χ2v) is 5.87. The number of para-hydroxylation sites is 2. The monoisotopic (exact) mass is 411 g/mol. The van der Waals surface area contributed by atoms with Gasteiger partial charge in [0.05, 0.1) is 10.7 Å². The van der Waals surface area contributed by atoms with Gasteiger partial charge in [-0.25, -0.2) is 4.39 Å². The molecule has 1 amide bonds. The molecule has 1 aromatic heterocycles. The topological polar surface area (TPSA) is 60.7 Å². The van der Waals surface area contributed by atoms with E-state index in [4.69, 9.17) is 20.8 Å². The molecule has 0 saturated carbocycles. The second-order valence-electron chi connectivity index (χ2n) is 5.46. The van der Waals surface area contributed by atoms with Crippen molar-refractivity contribution in [2.75, 3.05) is 5.32 Å².